The number of hydrogen-bond donors (Lipinski definition) is 2. The van der Waals surface area contributed by atoms with Crippen molar-refractivity contribution < 1.29 is 9.53 Å². The minimum atomic E-state index is -0.0174. The highest BCUT2D eigenvalue weighted by atomic mass is 32.2. The van der Waals surface area contributed by atoms with Gasteiger partial charge in [0.1, 0.15) is 0 Å². The number of thioether (sulfide) groups is 1. The molecule has 0 aromatic carbocycles. The van der Waals surface area contributed by atoms with Gasteiger partial charge < -0.3 is 15.4 Å². The molecule has 20 heavy (non-hydrogen) atoms. The lowest BCUT2D eigenvalue weighted by Gasteiger charge is -2.30. The molecular formula is C15H28N2O2S. The van der Waals surface area contributed by atoms with Gasteiger partial charge in [-0.15, -0.1) is 0 Å². The molecule has 1 amide bonds. The molecule has 2 rings (SSSR count). The molecule has 1 aliphatic carbocycles. The lowest BCUT2D eigenvalue weighted by atomic mass is 9.93. The van der Waals surface area contributed by atoms with Crippen LogP contribution in [0.1, 0.15) is 39.0 Å². The lowest BCUT2D eigenvalue weighted by Crippen LogP contribution is -2.48. The smallest absolute Gasteiger partial charge is 0.227 e. The summed E-state index contributed by atoms with van der Waals surface area (Å²) in [5, 5.41) is 7.40. The van der Waals surface area contributed by atoms with Crippen LogP contribution in [-0.2, 0) is 9.53 Å². The third-order valence-electron chi connectivity index (χ3n) is 4.38. The third kappa shape index (κ3) is 4.37. The minimum Gasteiger partial charge on any atom is -0.379 e. The molecule has 5 heteroatoms. The molecule has 0 bridgehead atoms. The van der Waals surface area contributed by atoms with Gasteiger partial charge in [0, 0.05) is 17.3 Å². The summed E-state index contributed by atoms with van der Waals surface area (Å²) in [4.78, 5) is 12.4. The van der Waals surface area contributed by atoms with E-state index in [2.05, 4.69) is 23.8 Å². The van der Waals surface area contributed by atoms with E-state index in [9.17, 15) is 4.79 Å². The van der Waals surface area contributed by atoms with Crippen LogP contribution in [0.4, 0.5) is 0 Å². The summed E-state index contributed by atoms with van der Waals surface area (Å²) in [5.74, 6) is 0.166. The van der Waals surface area contributed by atoms with E-state index >= 15 is 0 Å². The van der Waals surface area contributed by atoms with Crippen molar-refractivity contribution in [3.05, 3.63) is 0 Å². The Kier molecular flexibility index (Phi) is 6.65. The minimum absolute atomic E-state index is 0.0174. The second-order valence-electron chi connectivity index (χ2n) is 5.93. The normalized spacial score (nSPS) is 34.1. The second kappa shape index (κ2) is 8.25. The van der Waals surface area contributed by atoms with Crippen molar-refractivity contribution in [2.24, 2.45) is 5.92 Å². The molecule has 2 fully saturated rings. The molecule has 4 nitrogen and oxygen atoms in total. The Balaban J connectivity index is 1.81. The maximum atomic E-state index is 12.4. The van der Waals surface area contributed by atoms with Crippen LogP contribution in [0.2, 0.25) is 0 Å². The van der Waals surface area contributed by atoms with E-state index in [0.717, 1.165) is 25.8 Å². The standard InChI is InChI=1S/C15H28N2O2S/c1-3-7-16-14-10-19-9-13(14)15(18)17-11-5-4-6-12(8-11)20-2/h11-14,16H,3-10H2,1-2H3,(H,17,18). The molecule has 1 saturated carbocycles. The molecule has 0 aromatic rings. The first kappa shape index (κ1) is 16.1. The van der Waals surface area contributed by atoms with E-state index < -0.39 is 0 Å². The number of amides is 1. The highest BCUT2D eigenvalue weighted by molar-refractivity contribution is 7.99. The van der Waals surface area contributed by atoms with Gasteiger partial charge in [-0.25, -0.2) is 0 Å². The van der Waals surface area contributed by atoms with Crippen molar-refractivity contribution in [2.45, 2.75) is 56.4 Å². The topological polar surface area (TPSA) is 50.4 Å². The fraction of sp³-hybridized carbons (Fsp3) is 0.933. The second-order valence-corrected chi connectivity index (χ2v) is 7.07. The largest absolute Gasteiger partial charge is 0.379 e. The molecule has 2 aliphatic rings. The van der Waals surface area contributed by atoms with Crippen molar-refractivity contribution in [2.75, 3.05) is 26.0 Å². The number of ether oxygens (including phenoxy) is 1. The summed E-state index contributed by atoms with van der Waals surface area (Å²) >= 11 is 1.93. The van der Waals surface area contributed by atoms with Gasteiger partial charge in [0.2, 0.25) is 5.91 Å². The van der Waals surface area contributed by atoms with Crippen LogP contribution in [0, 0.1) is 5.92 Å². The summed E-state index contributed by atoms with van der Waals surface area (Å²) in [5.41, 5.74) is 0. The van der Waals surface area contributed by atoms with Gasteiger partial charge in [0.25, 0.3) is 0 Å². The monoisotopic (exact) mass is 300 g/mol. The van der Waals surface area contributed by atoms with Crippen molar-refractivity contribution in [3.8, 4) is 0 Å². The predicted octanol–water partition coefficient (Wildman–Crippen LogP) is 1.79. The molecule has 4 unspecified atom stereocenters. The summed E-state index contributed by atoms with van der Waals surface area (Å²) in [7, 11) is 0. The Morgan fingerprint density at radius 3 is 2.95 bits per heavy atom. The van der Waals surface area contributed by atoms with E-state index in [1.54, 1.807) is 0 Å². The number of carbonyl (C=O) groups excluding carboxylic acids is 1. The van der Waals surface area contributed by atoms with Crippen LogP contribution < -0.4 is 10.6 Å². The Hall–Kier alpha value is -0.260. The van der Waals surface area contributed by atoms with Crippen molar-refractivity contribution >= 4 is 17.7 Å². The molecule has 0 aromatic heterocycles. The lowest BCUT2D eigenvalue weighted by molar-refractivity contribution is -0.126. The first-order valence-corrected chi connectivity index (χ1v) is 9.17. The molecule has 1 saturated heterocycles. The maximum absolute atomic E-state index is 12.4. The van der Waals surface area contributed by atoms with Gasteiger partial charge in [0.05, 0.1) is 19.1 Å². The van der Waals surface area contributed by atoms with Gasteiger partial charge >= 0.3 is 0 Å². The zero-order valence-corrected chi connectivity index (χ0v) is 13.5. The van der Waals surface area contributed by atoms with Gasteiger partial charge in [-0.2, -0.15) is 11.8 Å². The quantitative estimate of drug-likeness (QED) is 0.785. The predicted molar refractivity (Wildman–Crippen MR) is 84.1 cm³/mol. The van der Waals surface area contributed by atoms with Crippen molar-refractivity contribution in [3.63, 3.8) is 0 Å². The summed E-state index contributed by atoms with van der Waals surface area (Å²) < 4.78 is 5.49. The third-order valence-corrected chi connectivity index (χ3v) is 5.47. The molecule has 0 spiro atoms. The first-order valence-electron chi connectivity index (χ1n) is 7.88. The number of rotatable bonds is 6. The van der Waals surface area contributed by atoms with Gasteiger partial charge in [-0.1, -0.05) is 13.3 Å². The Labute approximate surface area is 126 Å². The van der Waals surface area contributed by atoms with Gasteiger partial charge in [-0.05, 0) is 38.5 Å². The molecule has 4 atom stereocenters. The Bertz CT molecular complexity index is 314. The van der Waals surface area contributed by atoms with Crippen molar-refractivity contribution in [1.29, 1.82) is 0 Å². The van der Waals surface area contributed by atoms with Crippen LogP contribution >= 0.6 is 11.8 Å². The summed E-state index contributed by atoms with van der Waals surface area (Å²) in [6, 6.07) is 0.552. The molecule has 2 N–H and O–H groups in total. The highest BCUT2D eigenvalue weighted by Gasteiger charge is 2.35. The van der Waals surface area contributed by atoms with E-state index in [0.29, 0.717) is 24.5 Å². The average Bonchev–Trinajstić information content (AvgIpc) is 2.93. The van der Waals surface area contributed by atoms with Gasteiger partial charge in [0.15, 0.2) is 0 Å². The summed E-state index contributed by atoms with van der Waals surface area (Å²) in [6.45, 7) is 4.32. The van der Waals surface area contributed by atoms with Crippen LogP contribution in [0.3, 0.4) is 0 Å². The first-order chi connectivity index (χ1) is 9.74. The van der Waals surface area contributed by atoms with Crippen LogP contribution in [0.25, 0.3) is 0 Å². The van der Waals surface area contributed by atoms with Crippen LogP contribution in [0.5, 0.6) is 0 Å². The number of hydrogen-bond acceptors (Lipinski definition) is 4. The molecule has 1 aliphatic heterocycles. The van der Waals surface area contributed by atoms with E-state index in [4.69, 9.17) is 4.74 Å². The zero-order valence-electron chi connectivity index (χ0n) is 12.7. The van der Waals surface area contributed by atoms with Gasteiger partial charge in [-0.3, -0.25) is 4.79 Å². The fourth-order valence-electron chi connectivity index (χ4n) is 3.14. The number of carbonyl (C=O) groups is 1. The Morgan fingerprint density at radius 1 is 1.35 bits per heavy atom. The summed E-state index contributed by atoms with van der Waals surface area (Å²) in [6.07, 6.45) is 8.03. The van der Waals surface area contributed by atoms with E-state index in [1.807, 2.05) is 11.8 Å². The maximum Gasteiger partial charge on any atom is 0.227 e. The molecule has 0 radical (unpaired) electrons. The van der Waals surface area contributed by atoms with Crippen LogP contribution in [0.15, 0.2) is 0 Å². The zero-order chi connectivity index (χ0) is 14.4. The Morgan fingerprint density at radius 2 is 2.20 bits per heavy atom. The SMILES string of the molecule is CCCNC1COCC1C(=O)NC1CCCC(SC)C1. The van der Waals surface area contributed by atoms with E-state index in [1.165, 1.54) is 12.8 Å². The number of nitrogens with one attached hydrogen (secondary N) is 2. The molecular weight excluding hydrogens is 272 g/mol. The molecule has 116 valence electrons. The highest BCUT2D eigenvalue weighted by Crippen LogP contribution is 2.27. The van der Waals surface area contributed by atoms with Crippen LogP contribution in [-0.4, -0.2) is 49.3 Å². The molecule has 1 heterocycles. The fourth-order valence-corrected chi connectivity index (χ4v) is 3.97. The van der Waals surface area contributed by atoms with E-state index in [-0.39, 0.29) is 17.9 Å². The van der Waals surface area contributed by atoms with Crippen molar-refractivity contribution in [1.82, 2.24) is 10.6 Å². The average molecular weight is 300 g/mol.